The lowest BCUT2D eigenvalue weighted by molar-refractivity contribution is -0.119. The molecule has 1 aliphatic rings. The zero-order chi connectivity index (χ0) is 15.4. The summed E-state index contributed by atoms with van der Waals surface area (Å²) in [6.45, 7) is 1.35. The third-order valence-electron chi connectivity index (χ3n) is 3.74. The molecule has 1 aliphatic heterocycles. The maximum atomic E-state index is 12.2. The maximum absolute atomic E-state index is 12.2. The molecule has 22 heavy (non-hydrogen) atoms. The van der Waals surface area contributed by atoms with Gasteiger partial charge >= 0.3 is 0 Å². The lowest BCUT2D eigenvalue weighted by Gasteiger charge is -2.26. The highest BCUT2D eigenvalue weighted by molar-refractivity contribution is 7.14. The van der Waals surface area contributed by atoms with Crippen LogP contribution in [0.4, 0.5) is 5.13 Å². The zero-order valence-corrected chi connectivity index (χ0v) is 12.9. The van der Waals surface area contributed by atoms with Crippen molar-refractivity contribution in [3.8, 4) is 11.4 Å². The Bertz CT molecular complexity index is 625. The second-order valence-electron chi connectivity index (χ2n) is 5.22. The molecule has 116 valence electrons. The number of hydrogen-bond acceptors (Lipinski definition) is 6. The Morgan fingerprint density at radius 3 is 2.91 bits per heavy atom. The van der Waals surface area contributed by atoms with Crippen molar-refractivity contribution in [2.75, 3.05) is 18.5 Å². The summed E-state index contributed by atoms with van der Waals surface area (Å²) in [5.74, 6) is -0.0159. The summed E-state index contributed by atoms with van der Waals surface area (Å²) in [6, 6.07) is 5.12. The van der Waals surface area contributed by atoms with Gasteiger partial charge in [0.15, 0.2) is 5.13 Å². The van der Waals surface area contributed by atoms with Gasteiger partial charge < -0.3 is 15.8 Å². The molecule has 0 aliphatic carbocycles. The molecule has 0 bridgehead atoms. The number of carbonyl (C=O) groups is 1. The SMILES string of the molecule is NC(C(=O)Nc1nc(-c2ccccn2)cs1)C1CCOCC1. The van der Waals surface area contributed by atoms with Crippen molar-refractivity contribution in [3.63, 3.8) is 0 Å². The van der Waals surface area contributed by atoms with Crippen LogP contribution in [-0.2, 0) is 9.53 Å². The minimum absolute atomic E-state index is 0.170. The molecule has 0 spiro atoms. The predicted molar refractivity (Wildman–Crippen MR) is 85.5 cm³/mol. The second-order valence-corrected chi connectivity index (χ2v) is 6.08. The number of rotatable bonds is 4. The molecule has 3 N–H and O–H groups in total. The number of nitrogens with two attached hydrogens (primary N) is 1. The molecule has 2 aromatic heterocycles. The van der Waals surface area contributed by atoms with Crippen LogP contribution in [0, 0.1) is 5.92 Å². The number of aromatic nitrogens is 2. The number of hydrogen-bond donors (Lipinski definition) is 2. The van der Waals surface area contributed by atoms with E-state index < -0.39 is 6.04 Å². The van der Waals surface area contributed by atoms with Crippen LogP contribution in [0.5, 0.6) is 0 Å². The molecule has 1 atom stereocenters. The van der Waals surface area contributed by atoms with Gasteiger partial charge in [-0.25, -0.2) is 4.98 Å². The van der Waals surface area contributed by atoms with Crippen molar-refractivity contribution in [1.29, 1.82) is 0 Å². The quantitative estimate of drug-likeness (QED) is 0.898. The minimum atomic E-state index is -0.522. The molecule has 2 aromatic rings. The van der Waals surface area contributed by atoms with Crippen LogP contribution in [0.25, 0.3) is 11.4 Å². The Labute approximate surface area is 132 Å². The standard InChI is InChI=1S/C15H18N4O2S/c16-13(10-4-7-21-8-5-10)14(20)19-15-18-12(9-22-15)11-3-1-2-6-17-11/h1-3,6,9-10,13H,4-5,7-8,16H2,(H,18,19,20). The number of ether oxygens (including phenoxy) is 1. The first-order valence-corrected chi connectivity index (χ1v) is 8.13. The number of amides is 1. The average molecular weight is 318 g/mol. The van der Waals surface area contributed by atoms with Crippen LogP contribution < -0.4 is 11.1 Å². The number of carbonyl (C=O) groups excluding carboxylic acids is 1. The molecule has 1 amide bonds. The van der Waals surface area contributed by atoms with E-state index in [-0.39, 0.29) is 11.8 Å². The van der Waals surface area contributed by atoms with Crippen molar-refractivity contribution >= 4 is 22.4 Å². The van der Waals surface area contributed by atoms with Crippen molar-refractivity contribution in [1.82, 2.24) is 9.97 Å². The van der Waals surface area contributed by atoms with E-state index in [1.165, 1.54) is 11.3 Å². The highest BCUT2D eigenvalue weighted by Crippen LogP contribution is 2.24. The molecule has 1 saturated heterocycles. The van der Waals surface area contributed by atoms with Gasteiger partial charge in [-0.15, -0.1) is 11.3 Å². The Hall–Kier alpha value is -1.83. The molecule has 1 fully saturated rings. The van der Waals surface area contributed by atoms with Gasteiger partial charge in [0.2, 0.25) is 5.91 Å². The van der Waals surface area contributed by atoms with E-state index >= 15 is 0 Å². The van der Waals surface area contributed by atoms with E-state index in [0.29, 0.717) is 18.3 Å². The summed E-state index contributed by atoms with van der Waals surface area (Å²) in [5.41, 5.74) is 7.59. The summed E-state index contributed by atoms with van der Waals surface area (Å²) >= 11 is 1.37. The van der Waals surface area contributed by atoms with Gasteiger partial charge in [-0.2, -0.15) is 0 Å². The number of nitrogens with zero attached hydrogens (tertiary/aromatic N) is 2. The molecular formula is C15H18N4O2S. The van der Waals surface area contributed by atoms with Gasteiger partial charge in [0.05, 0.1) is 11.7 Å². The molecule has 1 unspecified atom stereocenters. The summed E-state index contributed by atoms with van der Waals surface area (Å²) in [4.78, 5) is 20.9. The Balaban J connectivity index is 1.63. The average Bonchev–Trinajstić information content (AvgIpc) is 3.04. The Morgan fingerprint density at radius 1 is 1.36 bits per heavy atom. The van der Waals surface area contributed by atoms with E-state index in [1.807, 2.05) is 23.6 Å². The largest absolute Gasteiger partial charge is 0.381 e. The summed E-state index contributed by atoms with van der Waals surface area (Å²) < 4.78 is 5.30. The topological polar surface area (TPSA) is 90.1 Å². The fourth-order valence-corrected chi connectivity index (χ4v) is 3.15. The van der Waals surface area contributed by atoms with E-state index in [4.69, 9.17) is 10.5 Å². The first kappa shape index (κ1) is 15.1. The highest BCUT2D eigenvalue weighted by atomic mass is 32.1. The molecule has 0 aromatic carbocycles. The number of nitrogens with one attached hydrogen (secondary N) is 1. The Kier molecular flexibility index (Phi) is 4.77. The van der Waals surface area contributed by atoms with Gasteiger partial charge in [-0.05, 0) is 30.9 Å². The lowest BCUT2D eigenvalue weighted by Crippen LogP contribution is -2.43. The number of thiazole rings is 1. The lowest BCUT2D eigenvalue weighted by atomic mass is 9.92. The minimum Gasteiger partial charge on any atom is -0.381 e. The van der Waals surface area contributed by atoms with Crippen molar-refractivity contribution < 1.29 is 9.53 Å². The van der Waals surface area contributed by atoms with E-state index in [2.05, 4.69) is 15.3 Å². The fraction of sp³-hybridized carbons (Fsp3) is 0.400. The van der Waals surface area contributed by atoms with Crippen molar-refractivity contribution in [2.45, 2.75) is 18.9 Å². The van der Waals surface area contributed by atoms with Crippen LogP contribution in [0.3, 0.4) is 0 Å². The van der Waals surface area contributed by atoms with Gasteiger partial charge in [0.1, 0.15) is 5.69 Å². The second kappa shape index (κ2) is 6.95. The zero-order valence-electron chi connectivity index (χ0n) is 12.1. The molecule has 7 heteroatoms. The smallest absolute Gasteiger partial charge is 0.243 e. The highest BCUT2D eigenvalue weighted by Gasteiger charge is 2.27. The van der Waals surface area contributed by atoms with Crippen LogP contribution >= 0.6 is 11.3 Å². The van der Waals surface area contributed by atoms with Crippen LogP contribution in [0.15, 0.2) is 29.8 Å². The fourth-order valence-electron chi connectivity index (χ4n) is 2.44. The van der Waals surface area contributed by atoms with Gasteiger partial charge in [-0.3, -0.25) is 9.78 Å². The maximum Gasteiger partial charge on any atom is 0.243 e. The molecule has 3 heterocycles. The van der Waals surface area contributed by atoms with Gasteiger partial charge in [-0.1, -0.05) is 6.07 Å². The first-order chi connectivity index (χ1) is 10.7. The third-order valence-corrected chi connectivity index (χ3v) is 4.50. The van der Waals surface area contributed by atoms with E-state index in [1.54, 1.807) is 6.20 Å². The van der Waals surface area contributed by atoms with Gasteiger partial charge in [0, 0.05) is 24.8 Å². The summed E-state index contributed by atoms with van der Waals surface area (Å²) in [6.07, 6.45) is 3.37. The molecule has 3 rings (SSSR count). The van der Waals surface area contributed by atoms with E-state index in [0.717, 1.165) is 24.2 Å². The predicted octanol–water partition coefficient (Wildman–Crippen LogP) is 1.90. The van der Waals surface area contributed by atoms with Crippen LogP contribution in [0.1, 0.15) is 12.8 Å². The summed E-state index contributed by atoms with van der Waals surface area (Å²) in [7, 11) is 0. The summed E-state index contributed by atoms with van der Waals surface area (Å²) in [5, 5.41) is 5.23. The van der Waals surface area contributed by atoms with Crippen molar-refractivity contribution in [3.05, 3.63) is 29.8 Å². The molecule has 6 nitrogen and oxygen atoms in total. The third kappa shape index (κ3) is 3.49. The molecule has 0 saturated carbocycles. The molecular weight excluding hydrogens is 300 g/mol. The number of pyridine rings is 1. The van der Waals surface area contributed by atoms with Gasteiger partial charge in [0.25, 0.3) is 0 Å². The van der Waals surface area contributed by atoms with E-state index in [9.17, 15) is 4.79 Å². The molecule has 0 radical (unpaired) electrons. The van der Waals surface area contributed by atoms with Crippen LogP contribution in [-0.4, -0.2) is 35.1 Å². The Morgan fingerprint density at radius 2 is 2.18 bits per heavy atom. The monoisotopic (exact) mass is 318 g/mol. The van der Waals surface area contributed by atoms with Crippen LogP contribution in [0.2, 0.25) is 0 Å². The van der Waals surface area contributed by atoms with Crippen molar-refractivity contribution in [2.24, 2.45) is 11.7 Å². The number of anilines is 1. The normalized spacial score (nSPS) is 17.1. The first-order valence-electron chi connectivity index (χ1n) is 7.25.